The van der Waals surface area contributed by atoms with Gasteiger partial charge in [-0.3, -0.25) is 4.79 Å². The zero-order valence-corrected chi connectivity index (χ0v) is 11.7. The third-order valence-corrected chi connectivity index (χ3v) is 4.41. The van der Waals surface area contributed by atoms with Crippen molar-refractivity contribution in [3.63, 3.8) is 0 Å². The summed E-state index contributed by atoms with van der Waals surface area (Å²) in [5.41, 5.74) is 1.18. The Hall–Kier alpha value is -0.870. The number of carbonyl (C=O) groups is 1. The Morgan fingerprint density at radius 2 is 2.06 bits per heavy atom. The Morgan fingerprint density at radius 3 is 2.83 bits per heavy atom. The predicted octanol–water partition coefficient (Wildman–Crippen LogP) is 2.86. The van der Waals surface area contributed by atoms with Crippen LogP contribution in [0.25, 0.3) is 0 Å². The lowest BCUT2D eigenvalue weighted by atomic mass is 10.0. The van der Waals surface area contributed by atoms with Crippen LogP contribution >= 0.6 is 15.9 Å². The van der Waals surface area contributed by atoms with Gasteiger partial charge in [-0.15, -0.1) is 0 Å². The molecule has 1 aromatic rings. The number of halogens is 1. The van der Waals surface area contributed by atoms with Crippen LogP contribution in [0.15, 0.2) is 30.3 Å². The summed E-state index contributed by atoms with van der Waals surface area (Å²) in [5.74, 6) is 0.224. The zero-order chi connectivity index (χ0) is 12.5. The summed E-state index contributed by atoms with van der Waals surface area (Å²) < 4.78 is 6.12. The first-order valence-corrected chi connectivity index (χ1v) is 7.31. The van der Waals surface area contributed by atoms with Crippen LogP contribution in [0.4, 0.5) is 0 Å². The zero-order valence-electron chi connectivity index (χ0n) is 10.1. The molecule has 2 aliphatic rings. The van der Waals surface area contributed by atoms with Gasteiger partial charge in [0, 0.05) is 13.0 Å². The van der Waals surface area contributed by atoms with E-state index in [1.54, 1.807) is 0 Å². The van der Waals surface area contributed by atoms with Crippen LogP contribution in [-0.2, 0) is 9.53 Å². The number of hydrogen-bond acceptors (Lipinski definition) is 2. The fourth-order valence-corrected chi connectivity index (χ4v) is 3.46. The van der Waals surface area contributed by atoms with Gasteiger partial charge in [-0.2, -0.15) is 0 Å². The van der Waals surface area contributed by atoms with Gasteiger partial charge in [-0.25, -0.2) is 0 Å². The van der Waals surface area contributed by atoms with Crippen molar-refractivity contribution >= 4 is 21.8 Å². The maximum atomic E-state index is 11.8. The van der Waals surface area contributed by atoms with Crippen molar-refractivity contribution in [2.75, 3.05) is 6.54 Å². The normalized spacial score (nSPS) is 32.2. The van der Waals surface area contributed by atoms with Gasteiger partial charge >= 0.3 is 0 Å². The van der Waals surface area contributed by atoms with E-state index in [2.05, 4.69) is 28.1 Å². The number of piperidine rings is 1. The average Bonchev–Trinajstić information content (AvgIpc) is 2.40. The van der Waals surface area contributed by atoms with Crippen LogP contribution in [0.5, 0.6) is 0 Å². The van der Waals surface area contributed by atoms with Crippen molar-refractivity contribution in [3.05, 3.63) is 35.9 Å². The van der Waals surface area contributed by atoms with E-state index in [1.165, 1.54) is 5.56 Å². The second-order valence-corrected chi connectivity index (χ2v) is 6.05. The molecule has 1 aromatic carbocycles. The highest BCUT2D eigenvalue weighted by molar-refractivity contribution is 9.09. The summed E-state index contributed by atoms with van der Waals surface area (Å²) in [6, 6.07) is 10.2. The maximum Gasteiger partial charge on any atom is 0.224 e. The lowest BCUT2D eigenvalue weighted by Gasteiger charge is -2.44. The smallest absolute Gasteiger partial charge is 0.224 e. The van der Waals surface area contributed by atoms with Crippen LogP contribution < -0.4 is 0 Å². The second kappa shape index (κ2) is 5.02. The summed E-state index contributed by atoms with van der Waals surface area (Å²) in [4.78, 5) is 13.9. The largest absolute Gasteiger partial charge is 0.349 e. The summed E-state index contributed by atoms with van der Waals surface area (Å²) >= 11 is 3.66. The van der Waals surface area contributed by atoms with E-state index in [-0.39, 0.29) is 23.1 Å². The van der Waals surface area contributed by atoms with Gasteiger partial charge < -0.3 is 9.64 Å². The molecule has 0 spiro atoms. The molecule has 2 heterocycles. The molecule has 0 unspecified atom stereocenters. The van der Waals surface area contributed by atoms with Crippen molar-refractivity contribution < 1.29 is 9.53 Å². The lowest BCUT2D eigenvalue weighted by Crippen LogP contribution is -2.53. The van der Waals surface area contributed by atoms with Crippen LogP contribution in [0.1, 0.15) is 30.9 Å². The van der Waals surface area contributed by atoms with Crippen molar-refractivity contribution in [2.24, 2.45) is 0 Å². The van der Waals surface area contributed by atoms with Gasteiger partial charge in [0.2, 0.25) is 5.91 Å². The first kappa shape index (κ1) is 12.2. The van der Waals surface area contributed by atoms with Gasteiger partial charge in [-0.1, -0.05) is 46.3 Å². The molecule has 4 heteroatoms. The molecule has 3 atom stereocenters. The van der Waals surface area contributed by atoms with Crippen molar-refractivity contribution in [2.45, 2.75) is 36.4 Å². The number of fused-ring (bicyclic) bond motifs is 1. The number of benzene rings is 1. The minimum atomic E-state index is -0.0368. The Morgan fingerprint density at radius 1 is 1.28 bits per heavy atom. The first-order chi connectivity index (χ1) is 8.75. The molecule has 2 fully saturated rings. The Kier molecular flexibility index (Phi) is 3.39. The highest BCUT2D eigenvalue weighted by Gasteiger charge is 2.39. The van der Waals surface area contributed by atoms with Crippen LogP contribution in [0.2, 0.25) is 0 Å². The topological polar surface area (TPSA) is 29.5 Å². The van der Waals surface area contributed by atoms with E-state index < -0.39 is 0 Å². The average molecular weight is 310 g/mol. The molecular formula is C14H16BrNO2. The first-order valence-electron chi connectivity index (χ1n) is 6.39. The molecule has 3 nitrogen and oxygen atoms in total. The summed E-state index contributed by atoms with van der Waals surface area (Å²) in [6.07, 6.45) is 2.56. The fraction of sp³-hybridized carbons (Fsp3) is 0.500. The summed E-state index contributed by atoms with van der Waals surface area (Å²) in [7, 11) is 0. The van der Waals surface area contributed by atoms with E-state index in [4.69, 9.17) is 4.74 Å². The molecule has 3 rings (SSSR count). The molecule has 0 saturated carbocycles. The standard InChI is InChI=1S/C14H16BrNO2/c15-11-9-16-12(17)7-4-8-13(16)18-14(11)10-5-2-1-3-6-10/h1-3,5-6,11,13-14H,4,7-9H2/t11-,13-,14+/m1/s1. The molecule has 1 amide bonds. The number of alkyl halides is 1. The molecule has 18 heavy (non-hydrogen) atoms. The van der Waals surface area contributed by atoms with Gasteiger partial charge in [0.1, 0.15) is 6.23 Å². The van der Waals surface area contributed by atoms with Crippen molar-refractivity contribution in [1.82, 2.24) is 4.90 Å². The second-order valence-electron chi connectivity index (χ2n) is 4.88. The minimum Gasteiger partial charge on any atom is -0.349 e. The molecule has 2 saturated heterocycles. The Labute approximate surface area is 115 Å². The Balaban J connectivity index is 1.81. The fourth-order valence-electron chi connectivity index (χ4n) is 2.72. The SMILES string of the molecule is O=C1CCC[C@H]2O[C@@H](c3ccccc3)[C@H](Br)CN12. The van der Waals surface area contributed by atoms with E-state index in [0.717, 1.165) is 19.4 Å². The monoisotopic (exact) mass is 309 g/mol. The van der Waals surface area contributed by atoms with Gasteiger partial charge in [0.05, 0.1) is 10.9 Å². The van der Waals surface area contributed by atoms with E-state index in [9.17, 15) is 4.79 Å². The van der Waals surface area contributed by atoms with E-state index >= 15 is 0 Å². The van der Waals surface area contributed by atoms with Gasteiger partial charge in [-0.05, 0) is 18.4 Å². The van der Waals surface area contributed by atoms with Crippen molar-refractivity contribution in [1.29, 1.82) is 0 Å². The molecule has 0 radical (unpaired) electrons. The van der Waals surface area contributed by atoms with Crippen LogP contribution in [0, 0.1) is 0 Å². The van der Waals surface area contributed by atoms with Crippen LogP contribution in [-0.4, -0.2) is 28.4 Å². The van der Waals surface area contributed by atoms with Gasteiger partial charge in [0.25, 0.3) is 0 Å². The quantitative estimate of drug-likeness (QED) is 0.747. The molecule has 0 N–H and O–H groups in total. The third kappa shape index (κ3) is 2.19. The van der Waals surface area contributed by atoms with Crippen LogP contribution in [0.3, 0.4) is 0 Å². The minimum absolute atomic E-state index is 0.0368. The lowest BCUT2D eigenvalue weighted by molar-refractivity contribution is -0.175. The molecule has 2 aliphatic heterocycles. The molecular weight excluding hydrogens is 294 g/mol. The van der Waals surface area contributed by atoms with Crippen molar-refractivity contribution in [3.8, 4) is 0 Å². The number of ether oxygens (including phenoxy) is 1. The predicted molar refractivity (Wildman–Crippen MR) is 72.3 cm³/mol. The maximum absolute atomic E-state index is 11.8. The molecule has 0 aromatic heterocycles. The molecule has 0 bridgehead atoms. The molecule has 0 aliphatic carbocycles. The number of nitrogens with zero attached hydrogens (tertiary/aromatic N) is 1. The number of carbonyl (C=O) groups excluding carboxylic acids is 1. The highest BCUT2D eigenvalue weighted by Crippen LogP contribution is 2.36. The Bertz CT molecular complexity index is 437. The number of amides is 1. The van der Waals surface area contributed by atoms with E-state index in [1.807, 2.05) is 23.1 Å². The van der Waals surface area contributed by atoms with Gasteiger partial charge in [0.15, 0.2) is 0 Å². The third-order valence-electron chi connectivity index (χ3n) is 3.64. The number of rotatable bonds is 1. The number of hydrogen-bond donors (Lipinski definition) is 0. The highest BCUT2D eigenvalue weighted by atomic mass is 79.9. The molecule has 96 valence electrons. The summed E-state index contributed by atoms with van der Waals surface area (Å²) in [6.45, 7) is 0.739. The van der Waals surface area contributed by atoms with E-state index in [0.29, 0.717) is 6.42 Å². The summed E-state index contributed by atoms with van der Waals surface area (Å²) in [5, 5.41) is 0.